The fourth-order valence-corrected chi connectivity index (χ4v) is 3.97. The Bertz CT molecular complexity index is 1160. The van der Waals surface area contributed by atoms with Crippen LogP contribution in [0.4, 0.5) is 0 Å². The molecule has 1 saturated heterocycles. The first-order valence-electron chi connectivity index (χ1n) is 8.51. The summed E-state index contributed by atoms with van der Waals surface area (Å²) in [5, 5.41) is 6.90. The van der Waals surface area contributed by atoms with Crippen LogP contribution < -0.4 is 15.6 Å². The van der Waals surface area contributed by atoms with E-state index in [0.717, 1.165) is 29.6 Å². The van der Waals surface area contributed by atoms with Crippen LogP contribution in [0.5, 0.6) is 5.75 Å². The predicted molar refractivity (Wildman–Crippen MR) is 103 cm³/mol. The third-order valence-electron chi connectivity index (χ3n) is 4.58. The normalized spacial score (nSPS) is 17.2. The number of H-pyrrole nitrogens is 1. The van der Waals surface area contributed by atoms with E-state index < -0.39 is 0 Å². The molecule has 1 fully saturated rings. The van der Waals surface area contributed by atoms with Gasteiger partial charge in [-0.1, -0.05) is 0 Å². The van der Waals surface area contributed by atoms with Crippen LogP contribution in [0.15, 0.2) is 46.7 Å². The SMILES string of the molecule is O=c1[nH]c(-c2cc3ccsc3cn2)nc2ccc(OC3CCNC3)cc12. The van der Waals surface area contributed by atoms with Crippen LogP contribution in [-0.4, -0.2) is 34.1 Å². The third kappa shape index (κ3) is 2.75. The van der Waals surface area contributed by atoms with Crippen molar-refractivity contribution < 1.29 is 4.74 Å². The number of rotatable bonds is 3. The van der Waals surface area contributed by atoms with E-state index in [-0.39, 0.29) is 11.7 Å². The molecule has 1 aliphatic heterocycles. The highest BCUT2D eigenvalue weighted by atomic mass is 32.1. The van der Waals surface area contributed by atoms with Gasteiger partial charge in [-0.2, -0.15) is 0 Å². The van der Waals surface area contributed by atoms with Crippen molar-refractivity contribution in [2.24, 2.45) is 0 Å². The van der Waals surface area contributed by atoms with E-state index in [4.69, 9.17) is 4.74 Å². The molecule has 5 rings (SSSR count). The Balaban J connectivity index is 1.54. The lowest BCUT2D eigenvalue weighted by Crippen LogP contribution is -2.19. The molecule has 2 N–H and O–H groups in total. The van der Waals surface area contributed by atoms with Gasteiger partial charge in [0, 0.05) is 12.7 Å². The second kappa shape index (κ2) is 6.19. The van der Waals surface area contributed by atoms with Crippen molar-refractivity contribution in [3.63, 3.8) is 0 Å². The average Bonchev–Trinajstić information content (AvgIpc) is 3.33. The van der Waals surface area contributed by atoms with E-state index in [1.807, 2.05) is 35.8 Å². The minimum absolute atomic E-state index is 0.153. The molecule has 0 saturated carbocycles. The highest BCUT2D eigenvalue weighted by Gasteiger charge is 2.16. The van der Waals surface area contributed by atoms with Gasteiger partial charge in [-0.05, 0) is 54.1 Å². The van der Waals surface area contributed by atoms with Crippen molar-refractivity contribution in [3.8, 4) is 17.3 Å². The Morgan fingerprint density at radius 2 is 2.19 bits per heavy atom. The van der Waals surface area contributed by atoms with E-state index in [0.29, 0.717) is 28.2 Å². The van der Waals surface area contributed by atoms with Crippen LogP contribution >= 0.6 is 11.3 Å². The molecule has 4 heterocycles. The summed E-state index contributed by atoms with van der Waals surface area (Å²) in [5.41, 5.74) is 1.10. The lowest BCUT2D eigenvalue weighted by atomic mass is 10.2. The zero-order valence-electron chi connectivity index (χ0n) is 13.9. The lowest BCUT2D eigenvalue weighted by molar-refractivity contribution is 0.223. The monoisotopic (exact) mass is 364 g/mol. The van der Waals surface area contributed by atoms with Gasteiger partial charge in [0.2, 0.25) is 0 Å². The predicted octanol–water partition coefficient (Wildman–Crippen LogP) is 2.94. The number of thiophene rings is 1. The van der Waals surface area contributed by atoms with Gasteiger partial charge in [0.1, 0.15) is 17.5 Å². The van der Waals surface area contributed by atoms with E-state index in [1.54, 1.807) is 17.4 Å². The van der Waals surface area contributed by atoms with E-state index >= 15 is 0 Å². The summed E-state index contributed by atoms with van der Waals surface area (Å²) >= 11 is 1.64. The fourth-order valence-electron chi connectivity index (χ4n) is 3.23. The number of ether oxygens (including phenoxy) is 1. The van der Waals surface area contributed by atoms with E-state index in [1.165, 1.54) is 0 Å². The van der Waals surface area contributed by atoms with Crippen molar-refractivity contribution in [3.05, 3.63) is 52.3 Å². The van der Waals surface area contributed by atoms with Crippen LogP contribution in [0.2, 0.25) is 0 Å². The van der Waals surface area contributed by atoms with Gasteiger partial charge in [0.25, 0.3) is 5.56 Å². The molecule has 1 atom stereocenters. The molecular formula is C19H16N4O2S. The molecule has 0 aliphatic carbocycles. The van der Waals surface area contributed by atoms with Gasteiger partial charge in [0.05, 0.1) is 15.6 Å². The van der Waals surface area contributed by atoms with E-state index in [2.05, 4.69) is 20.3 Å². The number of pyridine rings is 1. The second-order valence-electron chi connectivity index (χ2n) is 6.35. The standard InChI is InChI=1S/C19H16N4O2S/c24-19-14-8-12(25-13-3-5-20-9-13)1-2-15(14)22-18(23-19)16-7-11-4-6-26-17(11)10-21-16/h1-2,4,6-8,10,13,20H,3,5,9H2,(H,22,23,24). The lowest BCUT2D eigenvalue weighted by Gasteiger charge is -2.12. The Morgan fingerprint density at radius 3 is 3.08 bits per heavy atom. The molecule has 1 unspecified atom stereocenters. The molecule has 7 heteroatoms. The van der Waals surface area contributed by atoms with Crippen molar-refractivity contribution in [2.45, 2.75) is 12.5 Å². The van der Waals surface area contributed by atoms with Gasteiger partial charge in [-0.15, -0.1) is 11.3 Å². The summed E-state index contributed by atoms with van der Waals surface area (Å²) in [4.78, 5) is 24.5. The van der Waals surface area contributed by atoms with Crippen molar-refractivity contribution in [2.75, 3.05) is 13.1 Å². The summed E-state index contributed by atoms with van der Waals surface area (Å²) in [6.07, 6.45) is 2.94. The zero-order valence-corrected chi connectivity index (χ0v) is 14.7. The van der Waals surface area contributed by atoms with Crippen LogP contribution in [0.1, 0.15) is 6.42 Å². The quantitative estimate of drug-likeness (QED) is 0.584. The average molecular weight is 364 g/mol. The van der Waals surface area contributed by atoms with E-state index in [9.17, 15) is 4.79 Å². The minimum Gasteiger partial charge on any atom is -0.489 e. The summed E-state index contributed by atoms with van der Waals surface area (Å²) in [6.45, 7) is 1.80. The Hall–Kier alpha value is -2.77. The molecule has 130 valence electrons. The zero-order chi connectivity index (χ0) is 17.5. The molecule has 1 aromatic carbocycles. The molecule has 4 aromatic rings. The van der Waals surface area contributed by atoms with Gasteiger partial charge in [-0.25, -0.2) is 4.98 Å². The highest BCUT2D eigenvalue weighted by Crippen LogP contribution is 2.25. The van der Waals surface area contributed by atoms with Crippen LogP contribution in [-0.2, 0) is 0 Å². The summed E-state index contributed by atoms with van der Waals surface area (Å²) in [5.74, 6) is 1.17. The number of nitrogens with zero attached hydrogens (tertiary/aromatic N) is 2. The number of aromatic nitrogens is 3. The molecule has 0 bridgehead atoms. The van der Waals surface area contributed by atoms with Crippen LogP contribution in [0.3, 0.4) is 0 Å². The molecule has 0 spiro atoms. The number of benzene rings is 1. The number of nitrogens with one attached hydrogen (secondary N) is 2. The van der Waals surface area contributed by atoms with Gasteiger partial charge in [0.15, 0.2) is 5.82 Å². The molecule has 1 aliphatic rings. The summed E-state index contributed by atoms with van der Waals surface area (Å²) in [7, 11) is 0. The Morgan fingerprint density at radius 1 is 1.23 bits per heavy atom. The second-order valence-corrected chi connectivity index (χ2v) is 7.30. The molecule has 0 radical (unpaired) electrons. The van der Waals surface area contributed by atoms with Gasteiger partial charge < -0.3 is 15.0 Å². The fraction of sp³-hybridized carbons (Fsp3) is 0.211. The highest BCUT2D eigenvalue weighted by molar-refractivity contribution is 7.17. The van der Waals surface area contributed by atoms with Crippen molar-refractivity contribution in [1.82, 2.24) is 20.3 Å². The van der Waals surface area contributed by atoms with Crippen LogP contribution in [0, 0.1) is 0 Å². The topological polar surface area (TPSA) is 79.9 Å². The summed E-state index contributed by atoms with van der Waals surface area (Å²) in [6, 6.07) is 9.44. The number of hydrogen-bond donors (Lipinski definition) is 2. The Kier molecular flexibility index (Phi) is 3.69. The van der Waals surface area contributed by atoms with Gasteiger partial charge >= 0.3 is 0 Å². The first kappa shape index (κ1) is 15.5. The molecule has 0 amide bonds. The molecule has 3 aromatic heterocycles. The smallest absolute Gasteiger partial charge is 0.259 e. The molecular weight excluding hydrogens is 348 g/mol. The van der Waals surface area contributed by atoms with Crippen LogP contribution in [0.25, 0.3) is 32.5 Å². The van der Waals surface area contributed by atoms with Gasteiger partial charge in [-0.3, -0.25) is 9.78 Å². The maximum Gasteiger partial charge on any atom is 0.259 e. The maximum absolute atomic E-state index is 12.6. The first-order valence-corrected chi connectivity index (χ1v) is 9.39. The summed E-state index contributed by atoms with van der Waals surface area (Å²) < 4.78 is 7.05. The maximum atomic E-state index is 12.6. The number of aromatic amines is 1. The third-order valence-corrected chi connectivity index (χ3v) is 5.44. The molecule has 6 nitrogen and oxygen atoms in total. The van der Waals surface area contributed by atoms with Crippen molar-refractivity contribution >= 4 is 32.3 Å². The van der Waals surface area contributed by atoms with Crippen molar-refractivity contribution in [1.29, 1.82) is 0 Å². The largest absolute Gasteiger partial charge is 0.489 e. The molecule has 26 heavy (non-hydrogen) atoms. The number of hydrogen-bond acceptors (Lipinski definition) is 6. The first-order chi connectivity index (χ1) is 12.8. The minimum atomic E-state index is -0.188. The number of fused-ring (bicyclic) bond motifs is 2. The Labute approximate surface area is 152 Å².